The van der Waals surface area contributed by atoms with Crippen LogP contribution in [-0.4, -0.2) is 23.9 Å². The summed E-state index contributed by atoms with van der Waals surface area (Å²) in [6.07, 6.45) is -4.10. The van der Waals surface area contributed by atoms with Crippen molar-refractivity contribution in [3.05, 3.63) is 23.0 Å². The molecule has 0 aliphatic carbocycles. The molecule has 1 aromatic rings. The number of esters is 1. The van der Waals surface area contributed by atoms with E-state index in [-0.39, 0.29) is 24.3 Å². The fourth-order valence-electron chi connectivity index (χ4n) is 1.51. The van der Waals surface area contributed by atoms with E-state index in [1.165, 1.54) is 6.92 Å². The molecule has 0 saturated heterocycles. The molecule has 0 atom stereocenters. The van der Waals surface area contributed by atoms with Gasteiger partial charge in [-0.25, -0.2) is 4.79 Å². The van der Waals surface area contributed by atoms with Gasteiger partial charge in [0.2, 0.25) is 0 Å². The number of ether oxygens (including phenoxy) is 2. The molecule has 0 aromatic carbocycles. The first kappa shape index (κ1) is 15.2. The molecular formula is C11H13F3N2O3. The highest BCUT2D eigenvalue weighted by Gasteiger charge is 2.34. The third-order valence-corrected chi connectivity index (χ3v) is 2.27. The zero-order valence-corrected chi connectivity index (χ0v) is 10.4. The molecule has 0 amide bonds. The summed E-state index contributed by atoms with van der Waals surface area (Å²) in [6.45, 7) is 2.94. The Hall–Kier alpha value is -1.83. The predicted molar refractivity (Wildman–Crippen MR) is 59.5 cm³/mol. The lowest BCUT2D eigenvalue weighted by molar-refractivity contribution is -0.274. The van der Waals surface area contributed by atoms with Crippen molar-refractivity contribution in [3.63, 3.8) is 0 Å². The first-order valence-electron chi connectivity index (χ1n) is 5.41. The topological polar surface area (TPSA) is 74.4 Å². The molecule has 106 valence electrons. The maximum atomic E-state index is 12.3. The quantitative estimate of drug-likeness (QED) is 0.852. The number of carbonyl (C=O) groups is 1. The molecule has 1 aromatic heterocycles. The summed E-state index contributed by atoms with van der Waals surface area (Å²) in [5.74, 6) is -1.63. The molecule has 0 bridgehead atoms. The summed E-state index contributed by atoms with van der Waals surface area (Å²) in [6, 6.07) is 0. The molecule has 5 nitrogen and oxygen atoms in total. The van der Waals surface area contributed by atoms with Crippen LogP contribution in [0.1, 0.15) is 28.5 Å². The Morgan fingerprint density at radius 1 is 1.47 bits per heavy atom. The number of nitrogens with two attached hydrogens (primary N) is 1. The van der Waals surface area contributed by atoms with Gasteiger partial charge in [0.15, 0.2) is 5.75 Å². The molecule has 0 unspecified atom stereocenters. The van der Waals surface area contributed by atoms with Crippen molar-refractivity contribution >= 4 is 5.97 Å². The highest BCUT2D eigenvalue weighted by atomic mass is 19.4. The molecule has 0 spiro atoms. The number of aryl methyl sites for hydroxylation is 1. The Kier molecular flexibility index (Phi) is 4.71. The van der Waals surface area contributed by atoms with Crippen LogP contribution in [0.3, 0.4) is 0 Å². The van der Waals surface area contributed by atoms with Gasteiger partial charge in [0, 0.05) is 17.8 Å². The van der Waals surface area contributed by atoms with Crippen LogP contribution < -0.4 is 10.5 Å². The normalized spacial score (nSPS) is 11.3. The monoisotopic (exact) mass is 278 g/mol. The van der Waals surface area contributed by atoms with Crippen LogP contribution in [0.4, 0.5) is 13.2 Å². The van der Waals surface area contributed by atoms with Gasteiger partial charge in [-0.2, -0.15) is 0 Å². The van der Waals surface area contributed by atoms with Crippen molar-refractivity contribution in [3.8, 4) is 5.75 Å². The zero-order chi connectivity index (χ0) is 14.6. The summed E-state index contributed by atoms with van der Waals surface area (Å²) in [5, 5.41) is 0. The van der Waals surface area contributed by atoms with E-state index in [0.717, 1.165) is 6.20 Å². The third kappa shape index (κ3) is 3.82. The molecule has 0 aliphatic rings. The van der Waals surface area contributed by atoms with Crippen molar-refractivity contribution in [2.45, 2.75) is 26.8 Å². The molecule has 0 aliphatic heterocycles. The molecule has 0 fully saturated rings. The van der Waals surface area contributed by atoms with E-state index in [1.54, 1.807) is 6.92 Å². The Balaban J connectivity index is 3.34. The van der Waals surface area contributed by atoms with E-state index >= 15 is 0 Å². The minimum atomic E-state index is -4.93. The molecular weight excluding hydrogens is 265 g/mol. The molecule has 2 N–H and O–H groups in total. The van der Waals surface area contributed by atoms with E-state index in [4.69, 9.17) is 10.5 Å². The smallest absolute Gasteiger partial charge is 0.462 e. The van der Waals surface area contributed by atoms with Gasteiger partial charge in [-0.1, -0.05) is 0 Å². The number of rotatable bonds is 4. The largest absolute Gasteiger partial charge is 0.573 e. The predicted octanol–water partition coefficient (Wildman–Crippen LogP) is 1.92. The van der Waals surface area contributed by atoms with Gasteiger partial charge >= 0.3 is 12.3 Å². The average Bonchev–Trinajstić information content (AvgIpc) is 2.29. The van der Waals surface area contributed by atoms with Crippen LogP contribution in [0.15, 0.2) is 6.20 Å². The second kappa shape index (κ2) is 5.87. The second-order valence-corrected chi connectivity index (χ2v) is 3.53. The number of pyridine rings is 1. The first-order chi connectivity index (χ1) is 8.80. The van der Waals surface area contributed by atoms with Crippen LogP contribution in [0.2, 0.25) is 0 Å². The highest BCUT2D eigenvalue weighted by molar-refractivity contribution is 5.94. The van der Waals surface area contributed by atoms with Crippen molar-refractivity contribution < 1.29 is 27.4 Å². The lowest BCUT2D eigenvalue weighted by atomic mass is 10.1. The summed E-state index contributed by atoms with van der Waals surface area (Å²) in [4.78, 5) is 15.5. The van der Waals surface area contributed by atoms with Crippen molar-refractivity contribution in [2.24, 2.45) is 5.73 Å². The minimum absolute atomic E-state index is 0.0235. The average molecular weight is 278 g/mol. The number of alkyl halides is 3. The van der Waals surface area contributed by atoms with E-state index in [9.17, 15) is 18.0 Å². The fourth-order valence-corrected chi connectivity index (χ4v) is 1.51. The number of nitrogens with zero attached hydrogens (tertiary/aromatic N) is 1. The van der Waals surface area contributed by atoms with Crippen LogP contribution in [0.5, 0.6) is 5.75 Å². The zero-order valence-electron chi connectivity index (χ0n) is 10.4. The lowest BCUT2D eigenvalue weighted by Gasteiger charge is -2.16. The molecule has 8 heteroatoms. The highest BCUT2D eigenvalue weighted by Crippen LogP contribution is 2.29. The maximum Gasteiger partial charge on any atom is 0.573 e. The van der Waals surface area contributed by atoms with Gasteiger partial charge in [-0.05, 0) is 13.8 Å². The molecule has 1 rings (SSSR count). The lowest BCUT2D eigenvalue weighted by Crippen LogP contribution is -2.22. The van der Waals surface area contributed by atoms with Crippen LogP contribution in [0, 0.1) is 6.92 Å². The minimum Gasteiger partial charge on any atom is -0.462 e. The SMILES string of the molecule is CCOC(=O)c1c(OC(F)(F)F)cnc(C)c1CN. The summed E-state index contributed by atoms with van der Waals surface area (Å²) in [5.41, 5.74) is 5.61. The van der Waals surface area contributed by atoms with Gasteiger partial charge in [0.05, 0.1) is 12.8 Å². The Morgan fingerprint density at radius 2 is 2.11 bits per heavy atom. The van der Waals surface area contributed by atoms with Gasteiger partial charge < -0.3 is 15.2 Å². The Morgan fingerprint density at radius 3 is 2.58 bits per heavy atom. The third-order valence-electron chi connectivity index (χ3n) is 2.27. The van der Waals surface area contributed by atoms with E-state index in [2.05, 4.69) is 9.72 Å². The standard InChI is InChI=1S/C11H13F3N2O3/c1-3-18-10(17)9-7(4-15)6(2)16-5-8(9)19-11(12,13)14/h5H,3-4,15H2,1-2H3. The van der Waals surface area contributed by atoms with Crippen molar-refractivity contribution in [2.75, 3.05) is 6.61 Å². The number of aromatic nitrogens is 1. The molecule has 0 saturated carbocycles. The van der Waals surface area contributed by atoms with Gasteiger partial charge in [-0.15, -0.1) is 13.2 Å². The van der Waals surface area contributed by atoms with Crippen LogP contribution >= 0.6 is 0 Å². The first-order valence-corrected chi connectivity index (χ1v) is 5.41. The Labute approximate surface area is 107 Å². The second-order valence-electron chi connectivity index (χ2n) is 3.53. The summed E-state index contributed by atoms with van der Waals surface area (Å²) >= 11 is 0. The van der Waals surface area contributed by atoms with E-state index < -0.39 is 18.1 Å². The van der Waals surface area contributed by atoms with Crippen molar-refractivity contribution in [1.82, 2.24) is 4.98 Å². The van der Waals surface area contributed by atoms with Crippen LogP contribution in [0.25, 0.3) is 0 Å². The van der Waals surface area contributed by atoms with Gasteiger partial charge in [0.1, 0.15) is 5.56 Å². The Bertz CT molecular complexity index is 475. The maximum absolute atomic E-state index is 12.3. The number of halogens is 3. The van der Waals surface area contributed by atoms with E-state index in [1.807, 2.05) is 0 Å². The van der Waals surface area contributed by atoms with E-state index in [0.29, 0.717) is 5.69 Å². The van der Waals surface area contributed by atoms with Gasteiger partial charge in [-0.3, -0.25) is 4.98 Å². The summed E-state index contributed by atoms with van der Waals surface area (Å²) in [7, 11) is 0. The molecule has 0 radical (unpaired) electrons. The number of hydrogen-bond donors (Lipinski definition) is 1. The van der Waals surface area contributed by atoms with Crippen molar-refractivity contribution in [1.29, 1.82) is 0 Å². The van der Waals surface area contributed by atoms with Gasteiger partial charge in [0.25, 0.3) is 0 Å². The fraction of sp³-hybridized carbons (Fsp3) is 0.455. The molecule has 19 heavy (non-hydrogen) atoms. The number of carbonyl (C=O) groups excluding carboxylic acids is 1. The van der Waals surface area contributed by atoms with Crippen LogP contribution in [-0.2, 0) is 11.3 Å². The number of hydrogen-bond acceptors (Lipinski definition) is 5. The molecule has 1 heterocycles. The summed E-state index contributed by atoms with van der Waals surface area (Å²) < 4.78 is 45.3.